The molecule has 0 aliphatic carbocycles. The smallest absolute Gasteiger partial charge is 0.317 e. The summed E-state index contributed by atoms with van der Waals surface area (Å²) >= 11 is 1.26. The fourth-order valence-electron chi connectivity index (χ4n) is 3.31. The van der Waals surface area contributed by atoms with Crippen molar-refractivity contribution in [1.29, 1.82) is 0 Å². The van der Waals surface area contributed by atoms with E-state index in [1.165, 1.54) is 11.3 Å². The van der Waals surface area contributed by atoms with Crippen molar-refractivity contribution in [2.75, 3.05) is 32.6 Å². The molecule has 0 spiro atoms. The van der Waals surface area contributed by atoms with Gasteiger partial charge in [-0.1, -0.05) is 6.42 Å². The standard InChI is InChI=1S/C20H26N4O4S/c1-27-13-6-7-16(28-2)14(9-13)17-10-15(19(29-17)24-20(21)26)18(25)23-12-5-3-4-8-22-11-12/h6-7,9-10,12,22H,3-5,8,11H2,1-2H3,(H,23,25)(H3,21,24,26)/t12-/m0/s1. The zero-order valence-electron chi connectivity index (χ0n) is 16.5. The Labute approximate surface area is 173 Å². The van der Waals surface area contributed by atoms with Gasteiger partial charge in [0.05, 0.1) is 19.8 Å². The van der Waals surface area contributed by atoms with Crippen LogP contribution in [0.3, 0.4) is 0 Å². The summed E-state index contributed by atoms with van der Waals surface area (Å²) in [5.74, 6) is 1.05. The van der Waals surface area contributed by atoms with Gasteiger partial charge in [0.15, 0.2) is 0 Å². The van der Waals surface area contributed by atoms with Crippen LogP contribution in [0.2, 0.25) is 0 Å². The van der Waals surface area contributed by atoms with E-state index in [-0.39, 0.29) is 11.9 Å². The SMILES string of the molecule is COc1ccc(OC)c(-c2cc(C(=O)N[C@H]3CCCCNC3)c(NC(N)=O)s2)c1. The summed E-state index contributed by atoms with van der Waals surface area (Å²) in [5, 5.41) is 9.36. The first-order chi connectivity index (χ1) is 14.0. The van der Waals surface area contributed by atoms with Gasteiger partial charge in [-0.3, -0.25) is 10.1 Å². The molecule has 3 rings (SSSR count). The lowest BCUT2D eigenvalue weighted by Gasteiger charge is -2.16. The molecule has 1 aromatic carbocycles. The number of nitrogens with one attached hydrogen (secondary N) is 3. The summed E-state index contributed by atoms with van der Waals surface area (Å²) in [4.78, 5) is 25.2. The average molecular weight is 419 g/mol. The molecule has 156 valence electrons. The molecular formula is C20H26N4O4S. The van der Waals surface area contributed by atoms with Gasteiger partial charge in [0.1, 0.15) is 16.5 Å². The number of methoxy groups -OCH3 is 2. The van der Waals surface area contributed by atoms with Crippen molar-refractivity contribution in [3.05, 3.63) is 29.8 Å². The van der Waals surface area contributed by atoms with Crippen molar-refractivity contribution >= 4 is 28.3 Å². The first-order valence-electron chi connectivity index (χ1n) is 9.46. The monoisotopic (exact) mass is 418 g/mol. The van der Waals surface area contributed by atoms with Crippen LogP contribution in [0.1, 0.15) is 29.6 Å². The highest BCUT2D eigenvalue weighted by Crippen LogP contribution is 2.41. The van der Waals surface area contributed by atoms with Crippen molar-refractivity contribution in [1.82, 2.24) is 10.6 Å². The highest BCUT2D eigenvalue weighted by molar-refractivity contribution is 7.20. The van der Waals surface area contributed by atoms with Crippen LogP contribution in [0.4, 0.5) is 9.80 Å². The normalized spacial score (nSPS) is 16.6. The van der Waals surface area contributed by atoms with Crippen LogP contribution in [0.5, 0.6) is 11.5 Å². The van der Waals surface area contributed by atoms with E-state index >= 15 is 0 Å². The molecule has 0 radical (unpaired) electrons. The molecule has 29 heavy (non-hydrogen) atoms. The summed E-state index contributed by atoms with van der Waals surface area (Å²) in [6, 6.07) is 6.49. The van der Waals surface area contributed by atoms with E-state index in [1.807, 2.05) is 6.07 Å². The molecule has 5 N–H and O–H groups in total. The largest absolute Gasteiger partial charge is 0.497 e. The van der Waals surface area contributed by atoms with E-state index < -0.39 is 6.03 Å². The van der Waals surface area contributed by atoms with Crippen LogP contribution in [-0.4, -0.2) is 45.3 Å². The van der Waals surface area contributed by atoms with Gasteiger partial charge in [-0.15, -0.1) is 11.3 Å². The predicted octanol–water partition coefficient (Wildman–Crippen LogP) is 2.79. The van der Waals surface area contributed by atoms with Gasteiger partial charge in [0.2, 0.25) is 0 Å². The molecule has 1 atom stereocenters. The molecule has 1 aromatic heterocycles. The van der Waals surface area contributed by atoms with Gasteiger partial charge in [0, 0.05) is 23.0 Å². The van der Waals surface area contributed by atoms with Gasteiger partial charge in [-0.25, -0.2) is 4.79 Å². The van der Waals surface area contributed by atoms with Crippen LogP contribution in [0.15, 0.2) is 24.3 Å². The summed E-state index contributed by atoms with van der Waals surface area (Å²) in [6.45, 7) is 1.68. The molecule has 8 nitrogen and oxygen atoms in total. The summed E-state index contributed by atoms with van der Waals surface area (Å²) in [6.07, 6.45) is 3.07. The number of urea groups is 1. The third-order valence-corrected chi connectivity index (χ3v) is 5.85. The molecule has 0 unspecified atom stereocenters. The summed E-state index contributed by atoms with van der Waals surface area (Å²) in [7, 11) is 3.16. The lowest BCUT2D eigenvalue weighted by molar-refractivity contribution is 0.0937. The maximum absolute atomic E-state index is 13.0. The van der Waals surface area contributed by atoms with E-state index in [1.54, 1.807) is 32.4 Å². The zero-order chi connectivity index (χ0) is 20.8. The van der Waals surface area contributed by atoms with Gasteiger partial charge >= 0.3 is 6.03 Å². The highest BCUT2D eigenvalue weighted by atomic mass is 32.1. The molecule has 0 saturated carbocycles. The first-order valence-corrected chi connectivity index (χ1v) is 10.3. The van der Waals surface area contributed by atoms with Crippen LogP contribution < -0.4 is 31.2 Å². The fraction of sp³-hybridized carbons (Fsp3) is 0.400. The number of nitrogens with two attached hydrogens (primary N) is 1. The maximum atomic E-state index is 13.0. The average Bonchev–Trinajstić information content (AvgIpc) is 2.94. The van der Waals surface area contributed by atoms with Crippen molar-refractivity contribution in [3.63, 3.8) is 0 Å². The molecule has 1 fully saturated rings. The number of carbonyl (C=O) groups is 2. The zero-order valence-corrected chi connectivity index (χ0v) is 17.4. The molecule has 0 bridgehead atoms. The van der Waals surface area contributed by atoms with E-state index in [4.69, 9.17) is 15.2 Å². The second kappa shape index (κ2) is 9.62. The number of primary amides is 1. The minimum Gasteiger partial charge on any atom is -0.497 e. The molecule has 1 aliphatic heterocycles. The lowest BCUT2D eigenvalue weighted by atomic mass is 10.1. The quantitative estimate of drug-likeness (QED) is 0.576. The van der Waals surface area contributed by atoms with Gasteiger partial charge in [-0.05, 0) is 43.7 Å². The Morgan fingerprint density at radius 3 is 2.76 bits per heavy atom. The Morgan fingerprint density at radius 2 is 2.03 bits per heavy atom. The molecule has 9 heteroatoms. The van der Waals surface area contributed by atoms with Crippen LogP contribution in [0.25, 0.3) is 10.4 Å². The number of rotatable bonds is 6. The summed E-state index contributed by atoms with van der Waals surface area (Å²) < 4.78 is 10.8. The number of ether oxygens (including phenoxy) is 2. The van der Waals surface area contributed by atoms with E-state index in [2.05, 4.69) is 16.0 Å². The van der Waals surface area contributed by atoms with Crippen LogP contribution in [0, 0.1) is 0 Å². The second-order valence-electron chi connectivity index (χ2n) is 6.78. The third kappa shape index (κ3) is 5.18. The molecule has 2 aromatic rings. The second-order valence-corrected chi connectivity index (χ2v) is 7.83. The Kier molecular flexibility index (Phi) is 6.95. The number of carbonyl (C=O) groups excluding carboxylic acids is 2. The first kappa shape index (κ1) is 20.9. The van der Waals surface area contributed by atoms with Crippen LogP contribution >= 0.6 is 11.3 Å². The maximum Gasteiger partial charge on any atom is 0.317 e. The number of thiophene rings is 1. The lowest BCUT2D eigenvalue weighted by Crippen LogP contribution is -2.41. The topological polar surface area (TPSA) is 115 Å². The third-order valence-electron chi connectivity index (χ3n) is 4.77. The Morgan fingerprint density at radius 1 is 1.21 bits per heavy atom. The molecule has 1 aliphatic rings. The van der Waals surface area contributed by atoms with Crippen LogP contribution in [-0.2, 0) is 0 Å². The van der Waals surface area contributed by atoms with E-state index in [9.17, 15) is 9.59 Å². The number of anilines is 1. The Balaban J connectivity index is 1.94. The molecule has 2 heterocycles. The number of benzene rings is 1. The van der Waals surface area contributed by atoms with Gasteiger partial charge < -0.3 is 25.8 Å². The molecule has 1 saturated heterocycles. The Hall–Kier alpha value is -2.78. The number of amides is 3. The van der Waals surface area contributed by atoms with Gasteiger partial charge in [-0.2, -0.15) is 0 Å². The Bertz CT molecular complexity index is 875. The molecule has 3 amide bonds. The minimum atomic E-state index is -0.721. The van der Waals surface area contributed by atoms with E-state index in [0.29, 0.717) is 22.1 Å². The predicted molar refractivity (Wildman–Crippen MR) is 114 cm³/mol. The van der Waals surface area contributed by atoms with Crippen molar-refractivity contribution in [3.8, 4) is 21.9 Å². The van der Waals surface area contributed by atoms with Crippen molar-refractivity contribution < 1.29 is 19.1 Å². The molecular weight excluding hydrogens is 392 g/mol. The van der Waals surface area contributed by atoms with Crippen molar-refractivity contribution in [2.24, 2.45) is 5.73 Å². The van der Waals surface area contributed by atoms with Crippen molar-refractivity contribution in [2.45, 2.75) is 25.3 Å². The number of hydrogen-bond acceptors (Lipinski definition) is 6. The minimum absolute atomic E-state index is 0.0427. The van der Waals surface area contributed by atoms with Gasteiger partial charge in [0.25, 0.3) is 5.91 Å². The number of hydrogen-bond donors (Lipinski definition) is 4. The fourth-order valence-corrected chi connectivity index (χ4v) is 4.39. The highest BCUT2D eigenvalue weighted by Gasteiger charge is 2.22. The van der Waals surface area contributed by atoms with E-state index in [0.717, 1.165) is 42.8 Å². The summed E-state index contributed by atoms with van der Waals surface area (Å²) in [5.41, 5.74) is 6.45.